The summed E-state index contributed by atoms with van der Waals surface area (Å²) < 4.78 is 4.93. The van der Waals surface area contributed by atoms with Crippen molar-refractivity contribution in [2.45, 2.75) is 45.7 Å². The summed E-state index contributed by atoms with van der Waals surface area (Å²) in [6.45, 7) is 6.65. The van der Waals surface area contributed by atoms with Crippen molar-refractivity contribution in [3.05, 3.63) is 0 Å². The number of amides is 1. The molecule has 0 unspecified atom stereocenters. The van der Waals surface area contributed by atoms with E-state index in [4.69, 9.17) is 4.74 Å². The van der Waals surface area contributed by atoms with E-state index < -0.39 is 0 Å². The van der Waals surface area contributed by atoms with Crippen molar-refractivity contribution in [2.24, 2.45) is 0 Å². The zero-order valence-corrected chi connectivity index (χ0v) is 11.8. The van der Waals surface area contributed by atoms with Crippen molar-refractivity contribution >= 4 is 11.9 Å². The fourth-order valence-corrected chi connectivity index (χ4v) is 1.70. The van der Waals surface area contributed by atoms with E-state index in [-0.39, 0.29) is 24.5 Å². The van der Waals surface area contributed by atoms with Crippen molar-refractivity contribution in [1.29, 1.82) is 0 Å². The van der Waals surface area contributed by atoms with E-state index in [1.807, 2.05) is 18.7 Å². The molecule has 104 valence electrons. The van der Waals surface area contributed by atoms with Crippen LogP contribution in [0.15, 0.2) is 0 Å². The molecule has 0 aromatic heterocycles. The van der Waals surface area contributed by atoms with Gasteiger partial charge in [-0.05, 0) is 33.6 Å². The number of ether oxygens (including phenoxy) is 1. The maximum absolute atomic E-state index is 12.0. The monoisotopic (exact) mass is 256 g/mol. The van der Waals surface area contributed by atoms with Crippen molar-refractivity contribution in [2.75, 3.05) is 26.7 Å². The standard InChI is InChI=1S/C13H24N2O3/c1-5-18-13(17)9-15(11-6-7-11)8-12(16)14(4)10(2)3/h10-11H,5-9H2,1-4H3. The number of rotatable bonds is 7. The van der Waals surface area contributed by atoms with E-state index in [9.17, 15) is 9.59 Å². The van der Waals surface area contributed by atoms with Gasteiger partial charge in [0.1, 0.15) is 0 Å². The molecule has 0 aliphatic heterocycles. The molecule has 0 bridgehead atoms. The lowest BCUT2D eigenvalue weighted by Gasteiger charge is -2.26. The molecule has 18 heavy (non-hydrogen) atoms. The summed E-state index contributed by atoms with van der Waals surface area (Å²) in [5, 5.41) is 0. The van der Waals surface area contributed by atoms with Gasteiger partial charge in [-0.15, -0.1) is 0 Å². The van der Waals surface area contributed by atoms with Crippen LogP contribution < -0.4 is 0 Å². The van der Waals surface area contributed by atoms with Crippen LogP contribution in [0, 0.1) is 0 Å². The van der Waals surface area contributed by atoms with Gasteiger partial charge < -0.3 is 9.64 Å². The normalized spacial score (nSPS) is 15.0. The lowest BCUT2D eigenvalue weighted by atomic mass is 10.3. The minimum Gasteiger partial charge on any atom is -0.465 e. The molecular formula is C13H24N2O3. The van der Waals surface area contributed by atoms with Crippen LogP contribution in [0.2, 0.25) is 0 Å². The van der Waals surface area contributed by atoms with Gasteiger partial charge in [-0.1, -0.05) is 0 Å². The molecule has 0 atom stereocenters. The van der Waals surface area contributed by atoms with Gasteiger partial charge in [0.15, 0.2) is 0 Å². The van der Waals surface area contributed by atoms with Gasteiger partial charge in [-0.25, -0.2) is 0 Å². The SMILES string of the molecule is CCOC(=O)CN(CC(=O)N(C)C(C)C)C1CC1. The summed E-state index contributed by atoms with van der Waals surface area (Å²) in [4.78, 5) is 27.1. The van der Waals surface area contributed by atoms with Crippen LogP contribution in [0.25, 0.3) is 0 Å². The van der Waals surface area contributed by atoms with Gasteiger partial charge in [-0.3, -0.25) is 14.5 Å². The Morgan fingerprint density at radius 1 is 1.28 bits per heavy atom. The molecule has 5 nitrogen and oxygen atoms in total. The molecule has 0 aromatic rings. The van der Waals surface area contributed by atoms with Gasteiger partial charge in [0.05, 0.1) is 19.7 Å². The minimum atomic E-state index is -0.246. The third-order valence-corrected chi connectivity index (χ3v) is 3.21. The van der Waals surface area contributed by atoms with Crippen LogP contribution in [0.1, 0.15) is 33.6 Å². The lowest BCUT2D eigenvalue weighted by Crippen LogP contribution is -2.44. The first-order valence-corrected chi connectivity index (χ1v) is 6.61. The van der Waals surface area contributed by atoms with Crippen molar-refractivity contribution in [1.82, 2.24) is 9.80 Å². The molecule has 5 heteroatoms. The van der Waals surface area contributed by atoms with E-state index in [0.29, 0.717) is 19.2 Å². The van der Waals surface area contributed by atoms with E-state index in [2.05, 4.69) is 0 Å². The number of nitrogens with zero attached hydrogens (tertiary/aromatic N) is 2. The number of carbonyl (C=O) groups is 2. The van der Waals surface area contributed by atoms with Gasteiger partial charge in [-0.2, -0.15) is 0 Å². The second-order valence-electron chi connectivity index (χ2n) is 5.04. The highest BCUT2D eigenvalue weighted by atomic mass is 16.5. The van der Waals surface area contributed by atoms with Crippen LogP contribution in [0.4, 0.5) is 0 Å². The van der Waals surface area contributed by atoms with Crippen LogP contribution in [0.5, 0.6) is 0 Å². The van der Waals surface area contributed by atoms with Crippen LogP contribution >= 0.6 is 0 Å². The minimum absolute atomic E-state index is 0.0567. The average Bonchev–Trinajstić information content (AvgIpc) is 3.10. The van der Waals surface area contributed by atoms with E-state index in [0.717, 1.165) is 12.8 Å². The average molecular weight is 256 g/mol. The summed E-state index contributed by atoms with van der Waals surface area (Å²) in [5.74, 6) is -0.189. The smallest absolute Gasteiger partial charge is 0.320 e. The molecule has 0 radical (unpaired) electrons. The van der Waals surface area contributed by atoms with Crippen LogP contribution in [-0.2, 0) is 14.3 Å². The first-order chi connectivity index (χ1) is 8.45. The third kappa shape index (κ3) is 4.64. The molecule has 1 aliphatic rings. The van der Waals surface area contributed by atoms with E-state index in [1.165, 1.54) is 0 Å². The lowest BCUT2D eigenvalue weighted by molar-refractivity contribution is -0.145. The Kier molecular flexibility index (Phi) is 5.59. The Labute approximate surface area is 109 Å². The van der Waals surface area contributed by atoms with Crippen LogP contribution in [0.3, 0.4) is 0 Å². The van der Waals surface area contributed by atoms with Gasteiger partial charge in [0.25, 0.3) is 0 Å². The maximum Gasteiger partial charge on any atom is 0.320 e. The molecule has 1 saturated carbocycles. The van der Waals surface area contributed by atoms with Gasteiger partial charge in [0.2, 0.25) is 5.91 Å². The highest BCUT2D eigenvalue weighted by Gasteiger charge is 2.32. The second kappa shape index (κ2) is 6.73. The molecule has 1 amide bonds. The molecule has 1 aliphatic carbocycles. The highest BCUT2D eigenvalue weighted by molar-refractivity contribution is 5.79. The summed E-state index contributed by atoms with van der Waals surface area (Å²) in [5.41, 5.74) is 0. The molecule has 0 saturated heterocycles. The Morgan fingerprint density at radius 3 is 2.33 bits per heavy atom. The largest absolute Gasteiger partial charge is 0.465 e. The number of esters is 1. The second-order valence-corrected chi connectivity index (χ2v) is 5.04. The van der Waals surface area contributed by atoms with Crippen molar-refractivity contribution < 1.29 is 14.3 Å². The zero-order valence-electron chi connectivity index (χ0n) is 11.8. The summed E-state index contributed by atoms with van der Waals surface area (Å²) in [6, 6.07) is 0.556. The molecular weight excluding hydrogens is 232 g/mol. The van der Waals surface area contributed by atoms with Crippen LogP contribution in [-0.4, -0.2) is 60.5 Å². The predicted octanol–water partition coefficient (Wildman–Crippen LogP) is 0.881. The van der Waals surface area contributed by atoms with E-state index >= 15 is 0 Å². The molecule has 1 rings (SSSR count). The van der Waals surface area contributed by atoms with Crippen molar-refractivity contribution in [3.63, 3.8) is 0 Å². The maximum atomic E-state index is 12.0. The zero-order chi connectivity index (χ0) is 13.7. The summed E-state index contributed by atoms with van der Waals surface area (Å²) >= 11 is 0. The number of carbonyl (C=O) groups excluding carboxylic acids is 2. The Hall–Kier alpha value is -1.10. The topological polar surface area (TPSA) is 49.9 Å². The Balaban J connectivity index is 2.47. The Bertz CT molecular complexity index is 301. The molecule has 0 aromatic carbocycles. The summed E-state index contributed by atoms with van der Waals surface area (Å²) in [7, 11) is 1.79. The molecule has 0 heterocycles. The van der Waals surface area contributed by atoms with Gasteiger partial charge in [0, 0.05) is 19.1 Å². The first kappa shape index (κ1) is 15.0. The van der Waals surface area contributed by atoms with Gasteiger partial charge >= 0.3 is 5.97 Å². The number of hydrogen-bond acceptors (Lipinski definition) is 4. The third-order valence-electron chi connectivity index (χ3n) is 3.21. The number of likely N-dealkylation sites (N-methyl/N-ethyl adjacent to an activating group) is 1. The predicted molar refractivity (Wildman–Crippen MR) is 69.1 cm³/mol. The Morgan fingerprint density at radius 2 is 1.89 bits per heavy atom. The fourth-order valence-electron chi connectivity index (χ4n) is 1.70. The molecule has 0 spiro atoms. The number of hydrogen-bond donors (Lipinski definition) is 0. The fraction of sp³-hybridized carbons (Fsp3) is 0.846. The quantitative estimate of drug-likeness (QED) is 0.635. The van der Waals surface area contributed by atoms with Crippen molar-refractivity contribution in [3.8, 4) is 0 Å². The molecule has 0 N–H and O–H groups in total. The van der Waals surface area contributed by atoms with E-state index in [1.54, 1.807) is 18.9 Å². The summed E-state index contributed by atoms with van der Waals surface area (Å²) in [6.07, 6.45) is 2.14. The highest BCUT2D eigenvalue weighted by Crippen LogP contribution is 2.26. The molecule has 1 fully saturated rings. The first-order valence-electron chi connectivity index (χ1n) is 6.61.